The van der Waals surface area contributed by atoms with E-state index in [1.807, 2.05) is 0 Å². The average molecular weight is 206 g/mol. The molecule has 2 unspecified atom stereocenters. The molecule has 4 heteroatoms. The fourth-order valence-electron chi connectivity index (χ4n) is 2.20. The van der Waals surface area contributed by atoms with E-state index in [9.17, 15) is 8.42 Å². The van der Waals surface area contributed by atoms with Gasteiger partial charge in [0.2, 0.25) is 0 Å². The van der Waals surface area contributed by atoms with Gasteiger partial charge in [-0.3, -0.25) is 4.18 Å². The minimum Gasteiger partial charge on any atom is -0.267 e. The molecule has 1 aliphatic rings. The molecular weight excluding hydrogens is 188 g/mol. The van der Waals surface area contributed by atoms with Gasteiger partial charge in [0.1, 0.15) is 0 Å². The fourth-order valence-corrected chi connectivity index (χ4v) is 2.85. The van der Waals surface area contributed by atoms with Crippen molar-refractivity contribution in [3.05, 3.63) is 0 Å². The minimum atomic E-state index is -3.27. The first kappa shape index (κ1) is 11.0. The molecule has 0 heterocycles. The molecule has 0 saturated heterocycles. The van der Waals surface area contributed by atoms with E-state index in [2.05, 4.69) is 13.8 Å². The van der Waals surface area contributed by atoms with Crippen LogP contribution in [0.3, 0.4) is 0 Å². The summed E-state index contributed by atoms with van der Waals surface area (Å²) in [6, 6.07) is 0. The van der Waals surface area contributed by atoms with Crippen LogP contribution in [0, 0.1) is 11.8 Å². The van der Waals surface area contributed by atoms with Crippen molar-refractivity contribution >= 4 is 10.1 Å². The number of hydrogen-bond donors (Lipinski definition) is 0. The van der Waals surface area contributed by atoms with Crippen LogP contribution in [-0.4, -0.2) is 20.8 Å². The monoisotopic (exact) mass is 206 g/mol. The molecule has 1 fully saturated rings. The Morgan fingerprint density at radius 1 is 1.08 bits per heavy atom. The van der Waals surface area contributed by atoms with E-state index in [1.54, 1.807) is 0 Å². The predicted molar refractivity (Wildman–Crippen MR) is 51.9 cm³/mol. The summed E-state index contributed by atoms with van der Waals surface area (Å²) in [5, 5.41) is 0. The highest BCUT2D eigenvalue weighted by Gasteiger charge is 2.26. The summed E-state index contributed by atoms with van der Waals surface area (Å²) < 4.78 is 26.8. The first-order valence-corrected chi connectivity index (χ1v) is 6.56. The van der Waals surface area contributed by atoms with Gasteiger partial charge in [-0.15, -0.1) is 0 Å². The smallest absolute Gasteiger partial charge is 0.264 e. The summed E-state index contributed by atoms with van der Waals surface area (Å²) in [5.41, 5.74) is 0. The topological polar surface area (TPSA) is 43.4 Å². The standard InChI is InChI=1S/C9H18O3S/c1-7-4-8(2)6-9(5-7)12-13(3,10)11/h7-9H,4-6H2,1-3H3. The quantitative estimate of drug-likeness (QED) is 0.647. The Hall–Kier alpha value is -0.0900. The van der Waals surface area contributed by atoms with Crippen LogP contribution in [0.2, 0.25) is 0 Å². The molecule has 0 spiro atoms. The van der Waals surface area contributed by atoms with Crippen molar-refractivity contribution in [2.24, 2.45) is 11.8 Å². The summed E-state index contributed by atoms with van der Waals surface area (Å²) in [4.78, 5) is 0. The predicted octanol–water partition coefficient (Wildman–Crippen LogP) is 1.79. The molecule has 0 N–H and O–H groups in total. The summed E-state index contributed by atoms with van der Waals surface area (Å²) in [7, 11) is -3.27. The van der Waals surface area contributed by atoms with Crippen molar-refractivity contribution in [1.82, 2.24) is 0 Å². The maximum absolute atomic E-state index is 10.9. The molecular formula is C9H18O3S. The van der Waals surface area contributed by atoms with Crippen LogP contribution in [0.15, 0.2) is 0 Å². The van der Waals surface area contributed by atoms with E-state index < -0.39 is 10.1 Å². The van der Waals surface area contributed by atoms with Crippen molar-refractivity contribution < 1.29 is 12.6 Å². The third kappa shape index (κ3) is 4.09. The zero-order chi connectivity index (χ0) is 10.1. The third-order valence-corrected chi connectivity index (χ3v) is 3.07. The molecule has 13 heavy (non-hydrogen) atoms. The van der Waals surface area contributed by atoms with Crippen LogP contribution in [0.4, 0.5) is 0 Å². The van der Waals surface area contributed by atoms with Gasteiger partial charge >= 0.3 is 0 Å². The second kappa shape index (κ2) is 3.96. The molecule has 0 aromatic rings. The lowest BCUT2D eigenvalue weighted by atomic mass is 9.82. The van der Waals surface area contributed by atoms with Gasteiger partial charge in [-0.05, 0) is 31.1 Å². The number of rotatable bonds is 2. The van der Waals surface area contributed by atoms with Crippen LogP contribution in [-0.2, 0) is 14.3 Å². The summed E-state index contributed by atoms with van der Waals surface area (Å²) in [6.45, 7) is 4.29. The lowest BCUT2D eigenvalue weighted by Crippen LogP contribution is -2.28. The van der Waals surface area contributed by atoms with Gasteiger partial charge in [-0.1, -0.05) is 13.8 Å². The largest absolute Gasteiger partial charge is 0.267 e. The Bertz CT molecular complexity index is 248. The SMILES string of the molecule is CC1CC(C)CC(OS(C)(=O)=O)C1. The highest BCUT2D eigenvalue weighted by molar-refractivity contribution is 7.86. The van der Waals surface area contributed by atoms with Gasteiger partial charge in [-0.25, -0.2) is 0 Å². The van der Waals surface area contributed by atoms with Crippen LogP contribution < -0.4 is 0 Å². The van der Waals surface area contributed by atoms with Gasteiger partial charge in [-0.2, -0.15) is 8.42 Å². The Balaban J connectivity index is 2.51. The van der Waals surface area contributed by atoms with E-state index >= 15 is 0 Å². The van der Waals surface area contributed by atoms with Gasteiger partial charge in [0.15, 0.2) is 0 Å². The molecule has 2 atom stereocenters. The molecule has 0 radical (unpaired) electrons. The normalized spacial score (nSPS) is 36.1. The lowest BCUT2D eigenvalue weighted by molar-refractivity contribution is 0.108. The van der Waals surface area contributed by atoms with Gasteiger partial charge in [0.25, 0.3) is 10.1 Å². The van der Waals surface area contributed by atoms with Gasteiger partial charge in [0.05, 0.1) is 12.4 Å². The summed E-state index contributed by atoms with van der Waals surface area (Å²) in [6.07, 6.45) is 3.96. The van der Waals surface area contributed by atoms with E-state index in [-0.39, 0.29) is 6.10 Å². The second-order valence-corrected chi connectivity index (χ2v) is 5.94. The molecule has 0 aliphatic heterocycles. The Labute approximate surface area is 80.6 Å². The van der Waals surface area contributed by atoms with Crippen molar-refractivity contribution in [3.8, 4) is 0 Å². The number of hydrogen-bond acceptors (Lipinski definition) is 3. The van der Waals surface area contributed by atoms with Crippen LogP contribution in [0.25, 0.3) is 0 Å². The zero-order valence-corrected chi connectivity index (χ0v) is 9.30. The molecule has 1 saturated carbocycles. The van der Waals surface area contributed by atoms with Crippen LogP contribution >= 0.6 is 0 Å². The molecule has 1 aliphatic carbocycles. The molecule has 3 nitrogen and oxygen atoms in total. The Kier molecular flexibility index (Phi) is 3.35. The van der Waals surface area contributed by atoms with Gasteiger partial charge in [0, 0.05) is 0 Å². The first-order valence-electron chi connectivity index (χ1n) is 4.75. The zero-order valence-electron chi connectivity index (χ0n) is 8.49. The molecule has 0 aromatic carbocycles. The van der Waals surface area contributed by atoms with Crippen LogP contribution in [0.5, 0.6) is 0 Å². The van der Waals surface area contributed by atoms with E-state index in [4.69, 9.17) is 4.18 Å². The van der Waals surface area contributed by atoms with E-state index in [1.165, 1.54) is 6.42 Å². The molecule has 1 rings (SSSR count). The second-order valence-electron chi connectivity index (χ2n) is 4.34. The first-order chi connectivity index (χ1) is 5.87. The molecule has 0 bridgehead atoms. The minimum absolute atomic E-state index is 0.0891. The van der Waals surface area contributed by atoms with Crippen molar-refractivity contribution in [1.29, 1.82) is 0 Å². The fraction of sp³-hybridized carbons (Fsp3) is 1.00. The molecule has 0 amide bonds. The average Bonchev–Trinajstić information content (AvgIpc) is 1.78. The maximum Gasteiger partial charge on any atom is 0.264 e. The van der Waals surface area contributed by atoms with Gasteiger partial charge < -0.3 is 0 Å². The summed E-state index contributed by atoms with van der Waals surface area (Å²) in [5.74, 6) is 1.16. The molecule has 78 valence electrons. The summed E-state index contributed by atoms with van der Waals surface area (Å²) >= 11 is 0. The van der Waals surface area contributed by atoms with Crippen molar-refractivity contribution in [2.45, 2.75) is 39.2 Å². The molecule has 0 aromatic heterocycles. The van der Waals surface area contributed by atoms with Crippen molar-refractivity contribution in [2.75, 3.05) is 6.26 Å². The highest BCUT2D eigenvalue weighted by Crippen LogP contribution is 2.30. The lowest BCUT2D eigenvalue weighted by Gasteiger charge is -2.30. The Morgan fingerprint density at radius 2 is 1.54 bits per heavy atom. The maximum atomic E-state index is 10.9. The third-order valence-electron chi connectivity index (χ3n) is 2.45. The van der Waals surface area contributed by atoms with E-state index in [0.717, 1.165) is 19.1 Å². The van der Waals surface area contributed by atoms with E-state index in [0.29, 0.717) is 11.8 Å². The van der Waals surface area contributed by atoms with Crippen molar-refractivity contribution in [3.63, 3.8) is 0 Å². The van der Waals surface area contributed by atoms with Crippen LogP contribution in [0.1, 0.15) is 33.1 Å². The Morgan fingerprint density at radius 3 is 1.92 bits per heavy atom. The highest BCUT2D eigenvalue weighted by atomic mass is 32.2.